The van der Waals surface area contributed by atoms with Crippen molar-refractivity contribution in [2.45, 2.75) is 32.7 Å². The van der Waals surface area contributed by atoms with E-state index in [2.05, 4.69) is 27.4 Å². The number of amides is 1. The zero-order valence-electron chi connectivity index (χ0n) is 17.1. The molecule has 156 valence electrons. The Hall–Kier alpha value is -2.93. The van der Waals surface area contributed by atoms with Crippen LogP contribution in [0.25, 0.3) is 5.69 Å². The third kappa shape index (κ3) is 4.16. The first-order valence-electron chi connectivity index (χ1n) is 10.2. The molecule has 1 saturated heterocycles. The number of pyridine rings is 1. The lowest BCUT2D eigenvalue weighted by molar-refractivity contribution is 0.0539. The van der Waals surface area contributed by atoms with Crippen molar-refractivity contribution in [2.75, 3.05) is 18.4 Å². The van der Waals surface area contributed by atoms with Crippen molar-refractivity contribution < 1.29 is 4.79 Å². The highest BCUT2D eigenvalue weighted by Crippen LogP contribution is 2.28. The van der Waals surface area contributed by atoms with Crippen LogP contribution in [0.4, 0.5) is 5.82 Å². The highest BCUT2D eigenvalue weighted by Gasteiger charge is 2.33. The molecule has 2 unspecified atom stereocenters. The molecular formula is C22H25ClN6O. The fourth-order valence-corrected chi connectivity index (χ4v) is 4.20. The molecule has 1 N–H and O–H groups in total. The Bertz CT molecular complexity index is 1000. The Morgan fingerprint density at radius 2 is 2.03 bits per heavy atom. The second kappa shape index (κ2) is 8.83. The number of para-hydroxylation sites is 1. The van der Waals surface area contributed by atoms with E-state index < -0.39 is 0 Å². The number of aromatic nitrogens is 4. The maximum atomic E-state index is 13.7. The van der Waals surface area contributed by atoms with Crippen LogP contribution in [0.5, 0.6) is 0 Å². The van der Waals surface area contributed by atoms with Crippen LogP contribution in [0.1, 0.15) is 35.7 Å². The second-order valence-corrected chi connectivity index (χ2v) is 8.15. The van der Waals surface area contributed by atoms with Gasteiger partial charge in [-0.15, -0.1) is 0 Å². The molecule has 4 rings (SSSR count). The molecule has 8 heteroatoms. The van der Waals surface area contributed by atoms with E-state index in [9.17, 15) is 4.79 Å². The van der Waals surface area contributed by atoms with Gasteiger partial charge < -0.3 is 10.2 Å². The number of halogens is 1. The molecule has 2 aromatic heterocycles. The number of benzene rings is 1. The van der Waals surface area contributed by atoms with E-state index in [0.717, 1.165) is 36.5 Å². The van der Waals surface area contributed by atoms with Gasteiger partial charge in [0.15, 0.2) is 0 Å². The van der Waals surface area contributed by atoms with Crippen LogP contribution in [0.15, 0.2) is 48.9 Å². The smallest absolute Gasteiger partial charge is 0.256 e. The Balaban J connectivity index is 1.60. The summed E-state index contributed by atoms with van der Waals surface area (Å²) in [6.45, 7) is 5.53. The summed E-state index contributed by atoms with van der Waals surface area (Å²) < 4.78 is 0. The van der Waals surface area contributed by atoms with Gasteiger partial charge in [0, 0.05) is 19.3 Å². The predicted molar refractivity (Wildman–Crippen MR) is 117 cm³/mol. The predicted octanol–water partition coefficient (Wildman–Crippen LogP) is 3.98. The number of carbonyl (C=O) groups excluding carboxylic acids is 1. The van der Waals surface area contributed by atoms with Gasteiger partial charge in [-0.25, -0.2) is 4.98 Å². The molecule has 1 fully saturated rings. The third-order valence-corrected chi connectivity index (χ3v) is 5.91. The van der Waals surface area contributed by atoms with Gasteiger partial charge in [-0.3, -0.25) is 4.79 Å². The normalized spacial score (nSPS) is 19.0. The molecule has 0 spiro atoms. The van der Waals surface area contributed by atoms with Crippen molar-refractivity contribution in [2.24, 2.45) is 5.92 Å². The monoisotopic (exact) mass is 424 g/mol. The van der Waals surface area contributed by atoms with Gasteiger partial charge in [-0.05, 0) is 49.4 Å². The van der Waals surface area contributed by atoms with Crippen molar-refractivity contribution in [1.82, 2.24) is 24.9 Å². The summed E-state index contributed by atoms with van der Waals surface area (Å²) in [6, 6.07) is 9.46. The van der Waals surface area contributed by atoms with Crippen molar-refractivity contribution in [3.05, 3.63) is 65.1 Å². The molecule has 1 aliphatic rings. The number of hydrogen-bond donors (Lipinski definition) is 1. The number of rotatable bonds is 5. The fourth-order valence-electron chi connectivity index (χ4n) is 4.08. The van der Waals surface area contributed by atoms with Crippen molar-refractivity contribution >= 4 is 23.3 Å². The Labute approximate surface area is 181 Å². The average Bonchev–Trinajstić information content (AvgIpc) is 3.27. The van der Waals surface area contributed by atoms with Gasteiger partial charge in [0.25, 0.3) is 5.91 Å². The number of aryl methyl sites for hydroxylation is 1. The molecular weight excluding hydrogens is 400 g/mol. The minimum atomic E-state index is 0.00779. The fraction of sp³-hybridized carbons (Fsp3) is 0.364. The molecule has 30 heavy (non-hydrogen) atoms. The number of anilines is 1. The van der Waals surface area contributed by atoms with Crippen LogP contribution in [-0.2, 0) is 0 Å². The molecule has 7 nitrogen and oxygen atoms in total. The van der Waals surface area contributed by atoms with Gasteiger partial charge in [0.2, 0.25) is 0 Å². The van der Waals surface area contributed by atoms with Crippen molar-refractivity contribution in [1.29, 1.82) is 0 Å². The number of hydrogen-bond acceptors (Lipinski definition) is 5. The summed E-state index contributed by atoms with van der Waals surface area (Å²) in [5, 5.41) is 12.5. The molecule has 1 aliphatic heterocycles. The maximum absolute atomic E-state index is 13.7. The van der Waals surface area contributed by atoms with Crippen molar-refractivity contribution in [3.8, 4) is 5.69 Å². The molecule has 3 aromatic rings. The first kappa shape index (κ1) is 20.3. The molecule has 0 saturated carbocycles. The van der Waals surface area contributed by atoms with Crippen LogP contribution >= 0.6 is 11.6 Å². The quantitative estimate of drug-likeness (QED) is 0.670. The standard InChI is InChI=1S/C22H25ClN6O/c1-15-6-4-12-28(19(15)14-25-20-9-8-17(23)13-24-20)22(30)18-7-3-5-16(2)21(18)29-26-10-11-27-29/h3,5,7-11,13,15,19H,4,6,12,14H2,1-2H3,(H,24,25). The van der Waals surface area contributed by atoms with E-state index in [0.29, 0.717) is 23.0 Å². The molecule has 1 aromatic carbocycles. The van der Waals surface area contributed by atoms with Gasteiger partial charge in [-0.1, -0.05) is 30.7 Å². The van der Waals surface area contributed by atoms with Gasteiger partial charge >= 0.3 is 0 Å². The van der Waals surface area contributed by atoms with Crippen LogP contribution in [-0.4, -0.2) is 49.9 Å². The highest BCUT2D eigenvalue weighted by molar-refractivity contribution is 6.30. The number of piperidine rings is 1. The van der Waals surface area contributed by atoms with Gasteiger partial charge in [0.05, 0.1) is 29.0 Å². The van der Waals surface area contributed by atoms with Crippen LogP contribution < -0.4 is 5.32 Å². The minimum Gasteiger partial charge on any atom is -0.368 e. The second-order valence-electron chi connectivity index (χ2n) is 7.72. The number of nitrogens with zero attached hydrogens (tertiary/aromatic N) is 5. The summed E-state index contributed by atoms with van der Waals surface area (Å²) in [4.78, 5) is 21.5. The van der Waals surface area contributed by atoms with Gasteiger partial charge in [-0.2, -0.15) is 15.0 Å². The topological polar surface area (TPSA) is 75.9 Å². The van der Waals surface area contributed by atoms with Gasteiger partial charge in [0.1, 0.15) is 11.5 Å². The zero-order valence-corrected chi connectivity index (χ0v) is 17.9. The first-order chi connectivity index (χ1) is 14.5. The summed E-state index contributed by atoms with van der Waals surface area (Å²) in [6.07, 6.45) is 6.94. The van der Waals surface area contributed by atoms with Crippen LogP contribution in [0.2, 0.25) is 5.02 Å². The van der Waals surface area contributed by atoms with Crippen molar-refractivity contribution in [3.63, 3.8) is 0 Å². The molecule has 2 atom stereocenters. The van der Waals surface area contributed by atoms with E-state index in [4.69, 9.17) is 11.6 Å². The summed E-state index contributed by atoms with van der Waals surface area (Å²) in [7, 11) is 0. The summed E-state index contributed by atoms with van der Waals surface area (Å²) >= 11 is 5.93. The average molecular weight is 425 g/mol. The third-order valence-electron chi connectivity index (χ3n) is 5.68. The van der Waals surface area contributed by atoms with E-state index in [-0.39, 0.29) is 11.9 Å². The Morgan fingerprint density at radius 1 is 1.23 bits per heavy atom. The Morgan fingerprint density at radius 3 is 2.77 bits per heavy atom. The van der Waals surface area contributed by atoms with E-state index >= 15 is 0 Å². The lowest BCUT2D eigenvalue weighted by Gasteiger charge is -2.40. The molecule has 0 bridgehead atoms. The van der Waals surface area contributed by atoms with Crippen LogP contribution in [0.3, 0.4) is 0 Å². The lowest BCUT2D eigenvalue weighted by Crippen LogP contribution is -2.51. The molecule has 0 radical (unpaired) electrons. The molecule has 0 aliphatic carbocycles. The number of likely N-dealkylation sites (tertiary alicyclic amines) is 1. The minimum absolute atomic E-state index is 0.00779. The SMILES string of the molecule is Cc1cccc(C(=O)N2CCCC(C)C2CNc2ccc(Cl)cn2)c1-n1nccn1. The maximum Gasteiger partial charge on any atom is 0.256 e. The largest absolute Gasteiger partial charge is 0.368 e. The first-order valence-corrected chi connectivity index (χ1v) is 10.5. The van der Waals surface area contributed by atoms with E-state index in [1.54, 1.807) is 24.7 Å². The van der Waals surface area contributed by atoms with Crippen LogP contribution in [0, 0.1) is 12.8 Å². The lowest BCUT2D eigenvalue weighted by atomic mass is 9.89. The summed E-state index contributed by atoms with van der Waals surface area (Å²) in [5.74, 6) is 1.13. The number of nitrogens with one attached hydrogen (secondary N) is 1. The number of carbonyl (C=O) groups is 1. The highest BCUT2D eigenvalue weighted by atomic mass is 35.5. The van der Waals surface area contributed by atoms with E-state index in [1.807, 2.05) is 36.1 Å². The Kier molecular flexibility index (Phi) is 5.99. The van der Waals surface area contributed by atoms with E-state index in [1.165, 1.54) is 4.80 Å². The molecule has 3 heterocycles. The zero-order chi connectivity index (χ0) is 21.1. The summed E-state index contributed by atoms with van der Waals surface area (Å²) in [5.41, 5.74) is 2.31. The molecule has 1 amide bonds.